The fourth-order valence-corrected chi connectivity index (χ4v) is 1.96. The Morgan fingerprint density at radius 1 is 1.25 bits per heavy atom. The van der Waals surface area contributed by atoms with E-state index < -0.39 is 0 Å². The van der Waals surface area contributed by atoms with Crippen molar-refractivity contribution in [3.8, 4) is 0 Å². The summed E-state index contributed by atoms with van der Waals surface area (Å²) in [6, 6.07) is 11.1. The molecule has 3 unspecified atom stereocenters. The average molecular weight is 161 g/mol. The van der Waals surface area contributed by atoms with Crippen LogP contribution in [0.2, 0.25) is 0 Å². The Morgan fingerprint density at radius 2 is 1.92 bits per heavy atom. The third-order valence-corrected chi connectivity index (χ3v) is 3.06. The van der Waals surface area contributed by atoms with Gasteiger partial charge >= 0.3 is 0 Å². The molecule has 1 aliphatic carbocycles. The van der Waals surface area contributed by atoms with Crippen molar-refractivity contribution in [2.75, 3.05) is 0 Å². The fourth-order valence-electron chi connectivity index (χ4n) is 1.96. The van der Waals surface area contributed by atoms with Gasteiger partial charge in [-0.05, 0) is 23.8 Å². The largest absolute Gasteiger partial charge is 0.327 e. The molecule has 0 saturated heterocycles. The van der Waals surface area contributed by atoms with E-state index >= 15 is 0 Å². The van der Waals surface area contributed by atoms with Crippen molar-refractivity contribution in [2.24, 2.45) is 11.7 Å². The van der Waals surface area contributed by atoms with E-state index in [1.165, 1.54) is 5.56 Å². The van der Waals surface area contributed by atoms with E-state index in [1.807, 2.05) is 0 Å². The highest BCUT2D eigenvalue weighted by atomic mass is 14.7. The maximum absolute atomic E-state index is 5.85. The second kappa shape index (κ2) is 2.91. The van der Waals surface area contributed by atoms with Crippen LogP contribution in [0.15, 0.2) is 30.3 Å². The van der Waals surface area contributed by atoms with Crippen LogP contribution in [0.4, 0.5) is 0 Å². The molecule has 2 N–H and O–H groups in total. The third-order valence-electron chi connectivity index (χ3n) is 3.06. The molecule has 1 saturated carbocycles. The van der Waals surface area contributed by atoms with Crippen LogP contribution < -0.4 is 5.73 Å². The lowest BCUT2D eigenvalue weighted by Crippen LogP contribution is -2.44. The second-order valence-corrected chi connectivity index (χ2v) is 3.78. The highest BCUT2D eigenvalue weighted by molar-refractivity contribution is 5.23. The first-order chi connectivity index (χ1) is 5.79. The van der Waals surface area contributed by atoms with Gasteiger partial charge in [-0.3, -0.25) is 0 Å². The van der Waals surface area contributed by atoms with Crippen LogP contribution in [0, 0.1) is 5.92 Å². The number of hydrogen-bond acceptors (Lipinski definition) is 1. The molecule has 2 rings (SSSR count). The summed E-state index contributed by atoms with van der Waals surface area (Å²) < 4.78 is 0. The van der Waals surface area contributed by atoms with E-state index in [4.69, 9.17) is 5.73 Å². The van der Waals surface area contributed by atoms with Crippen LogP contribution in [0.25, 0.3) is 0 Å². The summed E-state index contributed by atoms with van der Waals surface area (Å²) in [7, 11) is 0. The topological polar surface area (TPSA) is 26.0 Å². The standard InChI is InChI=1S/C11H15N/c1-8-10(7-11(8)12)9-5-3-2-4-6-9/h2-6,8,10-11H,7,12H2,1H3. The van der Waals surface area contributed by atoms with Crippen molar-refractivity contribution >= 4 is 0 Å². The van der Waals surface area contributed by atoms with E-state index in [-0.39, 0.29) is 0 Å². The molecule has 1 aromatic rings. The monoisotopic (exact) mass is 161 g/mol. The van der Waals surface area contributed by atoms with Crippen LogP contribution in [0.1, 0.15) is 24.8 Å². The molecule has 1 fully saturated rings. The molecule has 1 heteroatoms. The lowest BCUT2D eigenvalue weighted by Gasteiger charge is -2.40. The highest BCUT2D eigenvalue weighted by Gasteiger charge is 2.35. The maximum Gasteiger partial charge on any atom is 0.00763 e. The van der Waals surface area contributed by atoms with Gasteiger partial charge in [0.1, 0.15) is 0 Å². The van der Waals surface area contributed by atoms with Gasteiger partial charge in [0.2, 0.25) is 0 Å². The van der Waals surface area contributed by atoms with E-state index in [2.05, 4.69) is 37.3 Å². The summed E-state index contributed by atoms with van der Waals surface area (Å²) in [5.41, 5.74) is 7.30. The van der Waals surface area contributed by atoms with Crippen LogP contribution in [-0.4, -0.2) is 6.04 Å². The van der Waals surface area contributed by atoms with Crippen molar-refractivity contribution < 1.29 is 0 Å². The second-order valence-electron chi connectivity index (χ2n) is 3.78. The summed E-state index contributed by atoms with van der Waals surface area (Å²) in [6.45, 7) is 2.24. The molecule has 0 bridgehead atoms. The zero-order chi connectivity index (χ0) is 8.55. The van der Waals surface area contributed by atoms with Crippen LogP contribution in [0.5, 0.6) is 0 Å². The Hall–Kier alpha value is -0.820. The van der Waals surface area contributed by atoms with Crippen LogP contribution in [0.3, 0.4) is 0 Å². The Morgan fingerprint density at radius 3 is 2.42 bits per heavy atom. The van der Waals surface area contributed by atoms with Crippen LogP contribution >= 0.6 is 0 Å². The zero-order valence-corrected chi connectivity index (χ0v) is 7.40. The van der Waals surface area contributed by atoms with Gasteiger partial charge in [-0.2, -0.15) is 0 Å². The summed E-state index contributed by atoms with van der Waals surface area (Å²) >= 11 is 0. The van der Waals surface area contributed by atoms with Gasteiger partial charge in [0, 0.05) is 6.04 Å². The molecule has 1 aliphatic rings. The minimum atomic E-state index is 0.426. The van der Waals surface area contributed by atoms with E-state index in [9.17, 15) is 0 Å². The van der Waals surface area contributed by atoms with E-state index in [0.29, 0.717) is 17.9 Å². The predicted molar refractivity (Wildman–Crippen MR) is 50.9 cm³/mol. The molecule has 1 aromatic carbocycles. The third kappa shape index (κ3) is 1.14. The molecule has 0 aliphatic heterocycles. The Balaban J connectivity index is 2.13. The molecule has 64 valence electrons. The van der Waals surface area contributed by atoms with Crippen molar-refractivity contribution in [3.05, 3.63) is 35.9 Å². The minimum absolute atomic E-state index is 0.426. The van der Waals surface area contributed by atoms with Crippen LogP contribution in [-0.2, 0) is 0 Å². The predicted octanol–water partition coefficient (Wildman–Crippen LogP) is 2.14. The van der Waals surface area contributed by atoms with Gasteiger partial charge in [-0.15, -0.1) is 0 Å². The molecule has 0 aromatic heterocycles. The van der Waals surface area contributed by atoms with Gasteiger partial charge in [0.05, 0.1) is 0 Å². The summed E-state index contributed by atoms with van der Waals surface area (Å²) in [5, 5.41) is 0. The Kier molecular flexibility index (Phi) is 1.89. The quantitative estimate of drug-likeness (QED) is 0.671. The molecule has 0 radical (unpaired) electrons. The fraction of sp³-hybridized carbons (Fsp3) is 0.455. The molecular weight excluding hydrogens is 146 g/mol. The van der Waals surface area contributed by atoms with Gasteiger partial charge < -0.3 is 5.73 Å². The van der Waals surface area contributed by atoms with Gasteiger partial charge in [0.15, 0.2) is 0 Å². The summed E-state index contributed by atoms with van der Waals surface area (Å²) in [5.74, 6) is 1.37. The SMILES string of the molecule is CC1C(N)CC1c1ccccc1. The molecule has 12 heavy (non-hydrogen) atoms. The Labute approximate surface area is 73.6 Å². The molecule has 3 atom stereocenters. The lowest BCUT2D eigenvalue weighted by atomic mass is 9.67. The first-order valence-corrected chi connectivity index (χ1v) is 4.59. The molecule has 0 amide bonds. The van der Waals surface area contributed by atoms with Gasteiger partial charge in [-0.25, -0.2) is 0 Å². The molecule has 0 heterocycles. The lowest BCUT2D eigenvalue weighted by molar-refractivity contribution is 0.226. The van der Waals surface area contributed by atoms with Crippen molar-refractivity contribution in [1.29, 1.82) is 0 Å². The molecule has 0 spiro atoms. The van der Waals surface area contributed by atoms with Gasteiger partial charge in [0.25, 0.3) is 0 Å². The van der Waals surface area contributed by atoms with Crippen molar-refractivity contribution in [2.45, 2.75) is 25.3 Å². The van der Waals surface area contributed by atoms with E-state index in [1.54, 1.807) is 0 Å². The number of benzene rings is 1. The van der Waals surface area contributed by atoms with Crippen molar-refractivity contribution in [1.82, 2.24) is 0 Å². The zero-order valence-electron chi connectivity index (χ0n) is 7.40. The molecular formula is C11H15N. The summed E-state index contributed by atoms with van der Waals surface area (Å²) in [4.78, 5) is 0. The molecule has 1 nitrogen and oxygen atoms in total. The number of rotatable bonds is 1. The number of nitrogens with two attached hydrogens (primary N) is 1. The minimum Gasteiger partial charge on any atom is -0.327 e. The smallest absolute Gasteiger partial charge is 0.00763 e. The highest BCUT2D eigenvalue weighted by Crippen LogP contribution is 2.40. The van der Waals surface area contributed by atoms with Gasteiger partial charge in [-0.1, -0.05) is 37.3 Å². The number of hydrogen-bond donors (Lipinski definition) is 1. The Bertz CT molecular complexity index is 255. The van der Waals surface area contributed by atoms with Crippen molar-refractivity contribution in [3.63, 3.8) is 0 Å². The normalized spacial score (nSPS) is 34.3. The first-order valence-electron chi connectivity index (χ1n) is 4.59. The van der Waals surface area contributed by atoms with E-state index in [0.717, 1.165) is 6.42 Å². The summed E-state index contributed by atoms with van der Waals surface area (Å²) in [6.07, 6.45) is 1.16. The first kappa shape index (κ1) is 7.81. The average Bonchev–Trinajstić information content (AvgIpc) is 2.15. The maximum atomic E-state index is 5.85.